The lowest BCUT2D eigenvalue weighted by Crippen LogP contribution is -2.57. The highest BCUT2D eigenvalue weighted by atomic mass is 19.1. The van der Waals surface area contributed by atoms with Gasteiger partial charge >= 0.3 is 0 Å². The van der Waals surface area contributed by atoms with Crippen LogP contribution >= 0.6 is 0 Å². The highest BCUT2D eigenvalue weighted by Crippen LogP contribution is 2.46. The van der Waals surface area contributed by atoms with Crippen molar-refractivity contribution in [2.75, 3.05) is 32.7 Å². The Morgan fingerprint density at radius 3 is 2.68 bits per heavy atom. The van der Waals surface area contributed by atoms with Gasteiger partial charge in [-0.3, -0.25) is 15.0 Å². The van der Waals surface area contributed by atoms with Crippen LogP contribution in [0.25, 0.3) is 0 Å². The first-order valence-electron chi connectivity index (χ1n) is 9.84. The Labute approximate surface area is 148 Å². The summed E-state index contributed by atoms with van der Waals surface area (Å²) in [6.07, 6.45) is 2.14. The fraction of sp³-hybridized carbons (Fsp3) is 0.944. The number of nitrogens with zero attached hydrogens (tertiary/aromatic N) is 1. The molecule has 1 saturated carbocycles. The first-order chi connectivity index (χ1) is 12.0. The van der Waals surface area contributed by atoms with Gasteiger partial charge in [0.2, 0.25) is 0 Å². The molecule has 0 aromatic carbocycles. The zero-order valence-electron chi connectivity index (χ0n) is 15.0. The van der Waals surface area contributed by atoms with Crippen molar-refractivity contribution in [1.29, 1.82) is 0 Å². The van der Waals surface area contributed by atoms with Crippen molar-refractivity contribution in [2.24, 2.45) is 17.8 Å². The molecule has 1 aliphatic carbocycles. The maximum absolute atomic E-state index is 14.9. The maximum Gasteiger partial charge on any atom is 0.253 e. The molecule has 3 aliphatic heterocycles. The number of amides is 1. The SMILES string of the molecule is CC1(O)C(=O)NC2NCCC(C3CC(N4CCNCC4)CCC3F)C21. The minimum absolute atomic E-state index is 0.0425. The molecule has 0 radical (unpaired) electrons. The molecule has 4 fully saturated rings. The number of aliphatic hydroxyl groups is 1. The largest absolute Gasteiger partial charge is 0.380 e. The molecule has 25 heavy (non-hydrogen) atoms. The van der Waals surface area contributed by atoms with E-state index in [2.05, 4.69) is 20.9 Å². The van der Waals surface area contributed by atoms with Gasteiger partial charge in [-0.2, -0.15) is 0 Å². The summed E-state index contributed by atoms with van der Waals surface area (Å²) >= 11 is 0. The number of hydrogen-bond acceptors (Lipinski definition) is 5. The standard InChI is InChI=1S/C18H31FN4O2/c1-18(25)15-12(4-5-21-16(15)22-17(18)24)13-10-11(2-3-14(13)19)23-8-6-20-7-9-23/h11-16,20-21,25H,2-10H2,1H3,(H,22,24). The number of hydrogen-bond donors (Lipinski definition) is 4. The lowest BCUT2D eigenvalue weighted by Gasteiger charge is -2.47. The summed E-state index contributed by atoms with van der Waals surface area (Å²) < 4.78 is 14.9. The molecule has 7 unspecified atom stereocenters. The Balaban J connectivity index is 1.53. The van der Waals surface area contributed by atoms with E-state index in [1.54, 1.807) is 6.92 Å². The minimum Gasteiger partial charge on any atom is -0.380 e. The van der Waals surface area contributed by atoms with Crippen molar-refractivity contribution in [2.45, 2.75) is 56.6 Å². The summed E-state index contributed by atoms with van der Waals surface area (Å²) in [6.45, 7) is 6.44. The van der Waals surface area contributed by atoms with E-state index in [0.29, 0.717) is 12.5 Å². The molecule has 4 N–H and O–H groups in total. The summed E-state index contributed by atoms with van der Waals surface area (Å²) in [5.74, 6) is -0.603. The van der Waals surface area contributed by atoms with Gasteiger partial charge < -0.3 is 15.7 Å². The van der Waals surface area contributed by atoms with Crippen molar-refractivity contribution in [3.05, 3.63) is 0 Å². The fourth-order valence-corrected chi connectivity index (χ4v) is 5.73. The van der Waals surface area contributed by atoms with Crippen LogP contribution in [-0.2, 0) is 4.79 Å². The topological polar surface area (TPSA) is 76.6 Å². The molecule has 3 saturated heterocycles. The number of piperazine rings is 1. The average Bonchev–Trinajstić information content (AvgIpc) is 2.85. The molecule has 6 nitrogen and oxygen atoms in total. The molecule has 3 heterocycles. The molecule has 1 amide bonds. The summed E-state index contributed by atoms with van der Waals surface area (Å²) in [5, 5.41) is 20.3. The zero-order chi connectivity index (χ0) is 17.6. The second-order valence-electron chi connectivity index (χ2n) is 8.46. The van der Waals surface area contributed by atoms with Crippen LogP contribution in [0.2, 0.25) is 0 Å². The van der Waals surface area contributed by atoms with Gasteiger partial charge in [-0.25, -0.2) is 4.39 Å². The Bertz CT molecular complexity index is 511. The first-order valence-corrected chi connectivity index (χ1v) is 9.84. The molecular weight excluding hydrogens is 323 g/mol. The molecule has 0 aromatic rings. The maximum atomic E-state index is 14.9. The predicted octanol–water partition coefficient (Wildman–Crippen LogP) is -0.169. The van der Waals surface area contributed by atoms with Gasteiger partial charge in [-0.1, -0.05) is 0 Å². The monoisotopic (exact) mass is 354 g/mol. The molecule has 4 aliphatic rings. The smallest absolute Gasteiger partial charge is 0.253 e. The van der Waals surface area contributed by atoms with Gasteiger partial charge in [0.1, 0.15) is 11.8 Å². The van der Waals surface area contributed by atoms with E-state index in [1.165, 1.54) is 0 Å². The van der Waals surface area contributed by atoms with E-state index >= 15 is 0 Å². The zero-order valence-corrected chi connectivity index (χ0v) is 15.0. The van der Waals surface area contributed by atoms with Crippen molar-refractivity contribution < 1.29 is 14.3 Å². The molecule has 7 atom stereocenters. The van der Waals surface area contributed by atoms with Crippen LogP contribution in [0.3, 0.4) is 0 Å². The summed E-state index contributed by atoms with van der Waals surface area (Å²) in [4.78, 5) is 14.7. The average molecular weight is 354 g/mol. The number of piperidine rings is 1. The van der Waals surface area contributed by atoms with E-state index in [-0.39, 0.29) is 29.8 Å². The van der Waals surface area contributed by atoms with Crippen LogP contribution < -0.4 is 16.0 Å². The van der Waals surface area contributed by atoms with Crippen molar-refractivity contribution >= 4 is 5.91 Å². The summed E-state index contributed by atoms with van der Waals surface area (Å²) in [7, 11) is 0. The lowest BCUT2D eigenvalue weighted by atomic mass is 9.65. The quantitative estimate of drug-likeness (QED) is 0.554. The Kier molecular flexibility index (Phi) is 4.77. The van der Waals surface area contributed by atoms with Crippen LogP contribution in [0.15, 0.2) is 0 Å². The number of fused-ring (bicyclic) bond motifs is 1. The van der Waals surface area contributed by atoms with Crippen LogP contribution in [0.1, 0.15) is 32.6 Å². The predicted molar refractivity (Wildman–Crippen MR) is 92.6 cm³/mol. The summed E-state index contributed by atoms with van der Waals surface area (Å²) in [6, 6.07) is 0.433. The third kappa shape index (κ3) is 3.09. The summed E-state index contributed by atoms with van der Waals surface area (Å²) in [5.41, 5.74) is -1.41. The van der Waals surface area contributed by atoms with Crippen LogP contribution in [0.5, 0.6) is 0 Å². The van der Waals surface area contributed by atoms with Crippen molar-refractivity contribution in [3.63, 3.8) is 0 Å². The van der Waals surface area contributed by atoms with E-state index in [4.69, 9.17) is 0 Å². The minimum atomic E-state index is -1.41. The number of carbonyl (C=O) groups is 1. The van der Waals surface area contributed by atoms with Crippen LogP contribution in [0.4, 0.5) is 4.39 Å². The van der Waals surface area contributed by atoms with Crippen molar-refractivity contribution in [1.82, 2.24) is 20.9 Å². The third-order valence-electron chi connectivity index (χ3n) is 7.06. The molecule has 4 rings (SSSR count). The molecule has 0 bridgehead atoms. The van der Waals surface area contributed by atoms with E-state index in [1.807, 2.05) is 0 Å². The number of alkyl halides is 1. The Hall–Kier alpha value is -0.760. The number of nitrogens with one attached hydrogen (secondary N) is 3. The van der Waals surface area contributed by atoms with Crippen LogP contribution in [0, 0.1) is 17.8 Å². The van der Waals surface area contributed by atoms with Gasteiger partial charge in [-0.05, 0) is 51.0 Å². The Morgan fingerprint density at radius 1 is 1.16 bits per heavy atom. The van der Waals surface area contributed by atoms with E-state index in [9.17, 15) is 14.3 Å². The van der Waals surface area contributed by atoms with Gasteiger partial charge in [0.05, 0.1) is 6.17 Å². The number of halogens is 1. The second kappa shape index (κ2) is 6.76. The molecule has 0 aromatic heterocycles. The van der Waals surface area contributed by atoms with Gasteiger partial charge in [0, 0.05) is 38.1 Å². The highest BCUT2D eigenvalue weighted by molar-refractivity contribution is 5.87. The third-order valence-corrected chi connectivity index (χ3v) is 7.06. The lowest BCUT2D eigenvalue weighted by molar-refractivity contribution is -0.139. The molecular formula is C18H31FN4O2. The normalized spacial score (nSPS) is 48.8. The number of rotatable bonds is 2. The van der Waals surface area contributed by atoms with Crippen LogP contribution in [-0.4, -0.2) is 72.6 Å². The van der Waals surface area contributed by atoms with Gasteiger partial charge in [-0.15, -0.1) is 0 Å². The van der Waals surface area contributed by atoms with Gasteiger partial charge in [0.25, 0.3) is 5.91 Å². The molecule has 7 heteroatoms. The Morgan fingerprint density at radius 2 is 1.92 bits per heavy atom. The first kappa shape index (κ1) is 17.6. The van der Waals surface area contributed by atoms with Gasteiger partial charge in [0.15, 0.2) is 0 Å². The van der Waals surface area contributed by atoms with E-state index in [0.717, 1.165) is 52.0 Å². The van der Waals surface area contributed by atoms with E-state index < -0.39 is 11.8 Å². The number of carbonyl (C=O) groups excluding carboxylic acids is 1. The second-order valence-corrected chi connectivity index (χ2v) is 8.46. The highest BCUT2D eigenvalue weighted by Gasteiger charge is 2.58. The fourth-order valence-electron chi connectivity index (χ4n) is 5.73. The molecule has 142 valence electrons. The van der Waals surface area contributed by atoms with Crippen molar-refractivity contribution in [3.8, 4) is 0 Å². The molecule has 0 spiro atoms.